The standard InChI is InChI=1S/C15H25N5O.2ClH/c21-15(12-6-3-4-9-16-12)17-10-8-14-19-18-13-7-2-1-5-11-20(13)14;;/h12,16H,1-11H2,(H,17,21);2*1H/t12-;;/m1../s1. The van der Waals surface area contributed by atoms with Crippen LogP contribution in [0, 0.1) is 0 Å². The molecule has 1 aromatic heterocycles. The molecule has 23 heavy (non-hydrogen) atoms. The van der Waals surface area contributed by atoms with Crippen LogP contribution < -0.4 is 10.6 Å². The van der Waals surface area contributed by atoms with Crippen molar-refractivity contribution in [3.05, 3.63) is 11.6 Å². The van der Waals surface area contributed by atoms with E-state index in [1.807, 2.05) is 0 Å². The normalized spacial score (nSPS) is 20.4. The van der Waals surface area contributed by atoms with E-state index in [4.69, 9.17) is 0 Å². The minimum absolute atomic E-state index is 0. The van der Waals surface area contributed by atoms with Gasteiger partial charge in [0.15, 0.2) is 0 Å². The molecule has 0 saturated carbocycles. The van der Waals surface area contributed by atoms with Gasteiger partial charge in [-0.05, 0) is 32.2 Å². The number of amides is 1. The fourth-order valence-corrected chi connectivity index (χ4v) is 3.23. The first-order chi connectivity index (χ1) is 10.3. The monoisotopic (exact) mass is 363 g/mol. The topological polar surface area (TPSA) is 71.8 Å². The van der Waals surface area contributed by atoms with Gasteiger partial charge in [-0.2, -0.15) is 0 Å². The molecular weight excluding hydrogens is 337 g/mol. The highest BCUT2D eigenvalue weighted by Gasteiger charge is 2.20. The van der Waals surface area contributed by atoms with Gasteiger partial charge in [0.2, 0.25) is 5.91 Å². The minimum Gasteiger partial charge on any atom is -0.354 e. The predicted molar refractivity (Wildman–Crippen MR) is 94.4 cm³/mol. The molecule has 0 bridgehead atoms. The number of nitrogens with zero attached hydrogens (tertiary/aromatic N) is 3. The number of aromatic nitrogens is 3. The molecule has 0 spiro atoms. The lowest BCUT2D eigenvalue weighted by Gasteiger charge is -2.22. The van der Waals surface area contributed by atoms with Crippen molar-refractivity contribution in [2.24, 2.45) is 0 Å². The van der Waals surface area contributed by atoms with E-state index in [1.54, 1.807) is 0 Å². The first-order valence-corrected chi connectivity index (χ1v) is 8.26. The van der Waals surface area contributed by atoms with Crippen molar-refractivity contribution in [2.45, 2.75) is 64.0 Å². The van der Waals surface area contributed by atoms with Crippen molar-refractivity contribution in [1.82, 2.24) is 25.4 Å². The van der Waals surface area contributed by atoms with Gasteiger partial charge in [-0.25, -0.2) is 0 Å². The SMILES string of the molecule is Cl.Cl.O=C(NCCc1nnc2n1CCCCC2)[C@H]1CCCCN1. The summed E-state index contributed by atoms with van der Waals surface area (Å²) in [5, 5.41) is 14.9. The fourth-order valence-electron chi connectivity index (χ4n) is 3.23. The van der Waals surface area contributed by atoms with Gasteiger partial charge in [0.25, 0.3) is 0 Å². The Kier molecular flexibility index (Phi) is 8.87. The van der Waals surface area contributed by atoms with Crippen LogP contribution in [-0.2, 0) is 24.2 Å². The van der Waals surface area contributed by atoms with Crippen LogP contribution in [0.25, 0.3) is 0 Å². The molecule has 3 rings (SSSR count). The zero-order valence-corrected chi connectivity index (χ0v) is 15.1. The molecule has 1 amide bonds. The van der Waals surface area contributed by atoms with Crippen molar-refractivity contribution in [3.63, 3.8) is 0 Å². The van der Waals surface area contributed by atoms with E-state index in [1.165, 1.54) is 25.7 Å². The van der Waals surface area contributed by atoms with Crippen molar-refractivity contribution in [3.8, 4) is 0 Å². The highest BCUT2D eigenvalue weighted by molar-refractivity contribution is 5.85. The number of rotatable bonds is 4. The summed E-state index contributed by atoms with van der Waals surface area (Å²) in [7, 11) is 0. The quantitative estimate of drug-likeness (QED) is 0.852. The predicted octanol–water partition coefficient (Wildman–Crippen LogP) is 1.65. The molecule has 0 radical (unpaired) electrons. The van der Waals surface area contributed by atoms with Crippen molar-refractivity contribution in [1.29, 1.82) is 0 Å². The van der Waals surface area contributed by atoms with Gasteiger partial charge >= 0.3 is 0 Å². The molecule has 0 aliphatic carbocycles. The molecule has 132 valence electrons. The summed E-state index contributed by atoms with van der Waals surface area (Å²) in [6.45, 7) is 2.63. The molecule has 1 aromatic rings. The average molecular weight is 364 g/mol. The molecule has 2 N–H and O–H groups in total. The number of hydrogen-bond donors (Lipinski definition) is 2. The first kappa shape index (κ1) is 20.2. The van der Waals surface area contributed by atoms with Gasteiger partial charge in [0, 0.05) is 25.9 Å². The number of hydrogen-bond acceptors (Lipinski definition) is 4. The Morgan fingerprint density at radius 1 is 1.17 bits per heavy atom. The second-order valence-electron chi connectivity index (χ2n) is 6.04. The van der Waals surface area contributed by atoms with Crippen LogP contribution in [0.5, 0.6) is 0 Å². The van der Waals surface area contributed by atoms with Gasteiger partial charge < -0.3 is 15.2 Å². The van der Waals surface area contributed by atoms with Crippen LogP contribution in [0.2, 0.25) is 0 Å². The smallest absolute Gasteiger partial charge is 0.237 e. The molecule has 2 aliphatic heterocycles. The summed E-state index contributed by atoms with van der Waals surface area (Å²) in [6.07, 6.45) is 8.76. The molecule has 6 nitrogen and oxygen atoms in total. The second kappa shape index (κ2) is 10.1. The molecule has 0 unspecified atom stereocenters. The largest absolute Gasteiger partial charge is 0.354 e. The number of nitrogens with one attached hydrogen (secondary N) is 2. The number of piperidine rings is 1. The van der Waals surface area contributed by atoms with E-state index >= 15 is 0 Å². The Morgan fingerprint density at radius 2 is 2.04 bits per heavy atom. The molecule has 1 fully saturated rings. The summed E-state index contributed by atoms with van der Waals surface area (Å²) in [4.78, 5) is 12.1. The molecule has 0 aromatic carbocycles. The van der Waals surface area contributed by atoms with E-state index in [9.17, 15) is 4.79 Å². The Bertz CT molecular complexity index is 488. The molecule has 1 atom stereocenters. The third-order valence-corrected chi connectivity index (χ3v) is 4.46. The Balaban J connectivity index is 0.00000132. The fraction of sp³-hybridized carbons (Fsp3) is 0.800. The summed E-state index contributed by atoms with van der Waals surface area (Å²) >= 11 is 0. The van der Waals surface area contributed by atoms with E-state index in [0.717, 1.165) is 50.4 Å². The highest BCUT2D eigenvalue weighted by Crippen LogP contribution is 2.14. The zero-order valence-electron chi connectivity index (χ0n) is 13.4. The van der Waals surface area contributed by atoms with Crippen LogP contribution >= 0.6 is 24.8 Å². The summed E-state index contributed by atoms with van der Waals surface area (Å²) in [5.74, 6) is 2.26. The van der Waals surface area contributed by atoms with Crippen molar-refractivity contribution >= 4 is 30.7 Å². The number of carbonyl (C=O) groups excluding carboxylic acids is 1. The second-order valence-corrected chi connectivity index (χ2v) is 6.04. The van der Waals surface area contributed by atoms with E-state index in [0.29, 0.717) is 6.54 Å². The number of carbonyl (C=O) groups is 1. The Labute approximate surface area is 150 Å². The van der Waals surface area contributed by atoms with Gasteiger partial charge in [-0.3, -0.25) is 4.79 Å². The number of aryl methyl sites for hydroxylation is 1. The third kappa shape index (κ3) is 5.33. The van der Waals surface area contributed by atoms with Crippen molar-refractivity contribution in [2.75, 3.05) is 13.1 Å². The van der Waals surface area contributed by atoms with Gasteiger partial charge in [0.1, 0.15) is 11.6 Å². The lowest BCUT2D eigenvalue weighted by Crippen LogP contribution is -2.47. The minimum atomic E-state index is -0.00531. The lowest BCUT2D eigenvalue weighted by molar-refractivity contribution is -0.123. The van der Waals surface area contributed by atoms with Gasteiger partial charge in [-0.15, -0.1) is 35.0 Å². The first-order valence-electron chi connectivity index (χ1n) is 8.26. The molecule has 2 aliphatic rings. The molecule has 1 saturated heterocycles. The summed E-state index contributed by atoms with van der Waals surface area (Å²) in [5.41, 5.74) is 0. The molecular formula is C15H27Cl2N5O. The van der Waals surface area contributed by atoms with Crippen LogP contribution in [0.1, 0.15) is 50.2 Å². The Hall–Kier alpha value is -0.850. The van der Waals surface area contributed by atoms with E-state index < -0.39 is 0 Å². The summed E-state index contributed by atoms with van der Waals surface area (Å²) < 4.78 is 2.25. The number of halogens is 2. The van der Waals surface area contributed by atoms with Crippen LogP contribution in [0.15, 0.2) is 0 Å². The van der Waals surface area contributed by atoms with Crippen LogP contribution in [-0.4, -0.2) is 39.8 Å². The van der Waals surface area contributed by atoms with Crippen molar-refractivity contribution < 1.29 is 4.79 Å². The Morgan fingerprint density at radius 3 is 2.83 bits per heavy atom. The van der Waals surface area contributed by atoms with Crippen LogP contribution in [0.3, 0.4) is 0 Å². The number of fused-ring (bicyclic) bond motifs is 1. The molecule has 3 heterocycles. The third-order valence-electron chi connectivity index (χ3n) is 4.46. The maximum absolute atomic E-state index is 12.1. The maximum Gasteiger partial charge on any atom is 0.237 e. The maximum atomic E-state index is 12.1. The van der Waals surface area contributed by atoms with Crippen LogP contribution in [0.4, 0.5) is 0 Å². The highest BCUT2D eigenvalue weighted by atomic mass is 35.5. The van der Waals surface area contributed by atoms with E-state index in [2.05, 4.69) is 25.4 Å². The van der Waals surface area contributed by atoms with Gasteiger partial charge in [0.05, 0.1) is 6.04 Å². The zero-order chi connectivity index (χ0) is 14.5. The molecule has 8 heteroatoms. The van der Waals surface area contributed by atoms with Gasteiger partial charge in [-0.1, -0.05) is 12.8 Å². The summed E-state index contributed by atoms with van der Waals surface area (Å²) in [6, 6.07) is -0.00531. The lowest BCUT2D eigenvalue weighted by atomic mass is 10.0. The average Bonchev–Trinajstić information content (AvgIpc) is 2.76. The van der Waals surface area contributed by atoms with E-state index in [-0.39, 0.29) is 36.8 Å².